The van der Waals surface area contributed by atoms with Gasteiger partial charge in [0.2, 0.25) is 11.8 Å². The van der Waals surface area contributed by atoms with E-state index < -0.39 is 5.91 Å². The maximum absolute atomic E-state index is 11.8. The minimum absolute atomic E-state index is 0.0439. The van der Waals surface area contributed by atoms with E-state index in [1.165, 1.54) is 18.7 Å². The summed E-state index contributed by atoms with van der Waals surface area (Å²) in [6.07, 6.45) is 6.61. The predicted molar refractivity (Wildman–Crippen MR) is 94.6 cm³/mol. The number of ether oxygens (including phenoxy) is 1. The molecule has 1 saturated carbocycles. The second kappa shape index (κ2) is 9.66. The van der Waals surface area contributed by atoms with E-state index in [-0.39, 0.29) is 24.1 Å². The van der Waals surface area contributed by atoms with Gasteiger partial charge in [-0.05, 0) is 43.5 Å². The van der Waals surface area contributed by atoms with Crippen molar-refractivity contribution in [3.63, 3.8) is 0 Å². The molecule has 7 heteroatoms. The summed E-state index contributed by atoms with van der Waals surface area (Å²) in [5.74, 6) is -0.344. The number of nitrogens with zero attached hydrogens (tertiary/aromatic N) is 1. The third-order valence-corrected chi connectivity index (χ3v) is 3.98. The minimum atomic E-state index is -0.464. The standard InChI is InChI=1S/C18H25N3O4/c1-2-25-16-10-13(8-9-15(16)22)12-19-21-18(24)11-17(23)20-14-6-4-3-5-7-14/h8-10,12,14,22H,2-7,11H2,1H3,(H,20,23)(H,21,24)/b19-12+. The number of phenolic OH excluding ortho intramolecular Hbond substituents is 1. The maximum Gasteiger partial charge on any atom is 0.249 e. The lowest BCUT2D eigenvalue weighted by Crippen LogP contribution is -2.38. The Morgan fingerprint density at radius 2 is 2.04 bits per heavy atom. The SMILES string of the molecule is CCOc1cc(/C=N/NC(=O)CC(=O)NC2CCCCC2)ccc1O. The van der Waals surface area contributed by atoms with E-state index in [4.69, 9.17) is 4.74 Å². The maximum atomic E-state index is 11.8. The molecule has 1 aromatic rings. The first kappa shape index (κ1) is 18.8. The zero-order valence-corrected chi connectivity index (χ0v) is 14.5. The van der Waals surface area contributed by atoms with Gasteiger partial charge in [0.25, 0.3) is 0 Å². The lowest BCUT2D eigenvalue weighted by atomic mass is 9.95. The van der Waals surface area contributed by atoms with Crippen LogP contribution >= 0.6 is 0 Å². The molecule has 1 aliphatic carbocycles. The van der Waals surface area contributed by atoms with E-state index in [0.717, 1.165) is 25.7 Å². The molecule has 0 aromatic heterocycles. The van der Waals surface area contributed by atoms with Crippen molar-refractivity contribution >= 4 is 18.0 Å². The lowest BCUT2D eigenvalue weighted by Gasteiger charge is -2.22. The number of hydrogen-bond donors (Lipinski definition) is 3. The topological polar surface area (TPSA) is 100 Å². The number of carbonyl (C=O) groups is 2. The Kier molecular flexibility index (Phi) is 7.25. The van der Waals surface area contributed by atoms with Crippen molar-refractivity contribution in [1.29, 1.82) is 0 Å². The van der Waals surface area contributed by atoms with Crippen LogP contribution in [-0.4, -0.2) is 35.8 Å². The average Bonchev–Trinajstić information content (AvgIpc) is 2.58. The number of carbonyl (C=O) groups excluding carboxylic acids is 2. The molecule has 0 atom stereocenters. The molecular formula is C18H25N3O4. The molecule has 7 nitrogen and oxygen atoms in total. The second-order valence-corrected chi connectivity index (χ2v) is 6.03. The van der Waals surface area contributed by atoms with Crippen molar-refractivity contribution in [1.82, 2.24) is 10.7 Å². The molecule has 1 aliphatic rings. The van der Waals surface area contributed by atoms with E-state index in [1.54, 1.807) is 12.1 Å². The largest absolute Gasteiger partial charge is 0.504 e. The summed E-state index contributed by atoms with van der Waals surface area (Å²) >= 11 is 0. The molecule has 0 unspecified atom stereocenters. The van der Waals surface area contributed by atoms with E-state index in [1.807, 2.05) is 6.92 Å². The number of hydrazone groups is 1. The Hall–Kier alpha value is -2.57. The third kappa shape index (κ3) is 6.45. The Labute approximate surface area is 147 Å². The Balaban J connectivity index is 1.77. The molecule has 0 bridgehead atoms. The van der Waals surface area contributed by atoms with Crippen molar-refractivity contribution in [2.45, 2.75) is 51.5 Å². The van der Waals surface area contributed by atoms with Crippen molar-refractivity contribution in [2.24, 2.45) is 5.10 Å². The molecule has 0 heterocycles. The molecule has 3 N–H and O–H groups in total. The van der Waals surface area contributed by atoms with Crippen LogP contribution in [0.3, 0.4) is 0 Å². The van der Waals surface area contributed by atoms with Crippen LogP contribution in [0.15, 0.2) is 23.3 Å². The molecule has 0 aliphatic heterocycles. The van der Waals surface area contributed by atoms with Crippen LogP contribution in [-0.2, 0) is 9.59 Å². The highest BCUT2D eigenvalue weighted by molar-refractivity contribution is 5.97. The molecule has 25 heavy (non-hydrogen) atoms. The molecule has 136 valence electrons. The third-order valence-electron chi connectivity index (χ3n) is 3.98. The number of amides is 2. The zero-order valence-electron chi connectivity index (χ0n) is 14.5. The lowest BCUT2D eigenvalue weighted by molar-refractivity contribution is -0.129. The molecule has 0 spiro atoms. The summed E-state index contributed by atoms with van der Waals surface area (Å²) in [7, 11) is 0. The average molecular weight is 347 g/mol. The van der Waals surface area contributed by atoms with Crippen molar-refractivity contribution in [3.8, 4) is 11.5 Å². The molecule has 1 fully saturated rings. The van der Waals surface area contributed by atoms with Crippen LogP contribution in [0.5, 0.6) is 11.5 Å². The van der Waals surface area contributed by atoms with Crippen LogP contribution in [0.4, 0.5) is 0 Å². The van der Waals surface area contributed by atoms with Gasteiger partial charge < -0.3 is 15.2 Å². The first-order chi connectivity index (χ1) is 12.1. The number of hydrogen-bond acceptors (Lipinski definition) is 5. The van der Waals surface area contributed by atoms with Crippen LogP contribution in [0.25, 0.3) is 0 Å². The number of benzene rings is 1. The normalized spacial score (nSPS) is 15.1. The Morgan fingerprint density at radius 3 is 2.76 bits per heavy atom. The van der Waals surface area contributed by atoms with Gasteiger partial charge in [0.05, 0.1) is 12.8 Å². The van der Waals surface area contributed by atoms with E-state index >= 15 is 0 Å². The summed E-state index contributed by atoms with van der Waals surface area (Å²) in [4.78, 5) is 23.6. The highest BCUT2D eigenvalue weighted by Crippen LogP contribution is 2.26. The van der Waals surface area contributed by atoms with Crippen LogP contribution in [0.1, 0.15) is 51.0 Å². The Morgan fingerprint density at radius 1 is 1.28 bits per heavy atom. The first-order valence-corrected chi connectivity index (χ1v) is 8.65. The highest BCUT2D eigenvalue weighted by Gasteiger charge is 2.17. The predicted octanol–water partition coefficient (Wildman–Crippen LogP) is 2.08. The van der Waals surface area contributed by atoms with Gasteiger partial charge >= 0.3 is 0 Å². The van der Waals surface area contributed by atoms with Gasteiger partial charge in [0, 0.05) is 6.04 Å². The van der Waals surface area contributed by atoms with Gasteiger partial charge in [0.15, 0.2) is 11.5 Å². The number of rotatable bonds is 7. The second-order valence-electron chi connectivity index (χ2n) is 6.03. The van der Waals surface area contributed by atoms with Crippen molar-refractivity contribution in [3.05, 3.63) is 23.8 Å². The number of aromatic hydroxyl groups is 1. The van der Waals surface area contributed by atoms with Gasteiger partial charge in [0.1, 0.15) is 6.42 Å². The summed E-state index contributed by atoms with van der Waals surface area (Å²) in [6, 6.07) is 4.94. The number of phenols is 1. The molecule has 0 saturated heterocycles. The molecule has 0 radical (unpaired) electrons. The molecular weight excluding hydrogens is 322 g/mol. The fourth-order valence-electron chi connectivity index (χ4n) is 2.77. The fraction of sp³-hybridized carbons (Fsp3) is 0.500. The first-order valence-electron chi connectivity index (χ1n) is 8.65. The van der Waals surface area contributed by atoms with E-state index in [2.05, 4.69) is 15.8 Å². The highest BCUT2D eigenvalue weighted by atomic mass is 16.5. The smallest absolute Gasteiger partial charge is 0.249 e. The number of nitrogens with one attached hydrogen (secondary N) is 2. The summed E-state index contributed by atoms with van der Waals surface area (Å²) in [6.45, 7) is 2.25. The van der Waals surface area contributed by atoms with Crippen molar-refractivity contribution < 1.29 is 19.4 Å². The van der Waals surface area contributed by atoms with Gasteiger partial charge in [-0.2, -0.15) is 5.10 Å². The monoisotopic (exact) mass is 347 g/mol. The van der Waals surface area contributed by atoms with E-state index in [9.17, 15) is 14.7 Å². The Bertz CT molecular complexity index is 625. The zero-order chi connectivity index (χ0) is 18.1. The van der Waals surface area contributed by atoms with Crippen LogP contribution in [0, 0.1) is 0 Å². The van der Waals surface area contributed by atoms with Crippen molar-refractivity contribution in [2.75, 3.05) is 6.61 Å². The minimum Gasteiger partial charge on any atom is -0.504 e. The van der Waals surface area contributed by atoms with Crippen LogP contribution in [0.2, 0.25) is 0 Å². The molecule has 1 aromatic carbocycles. The fourth-order valence-corrected chi connectivity index (χ4v) is 2.77. The van der Waals surface area contributed by atoms with Gasteiger partial charge in [-0.1, -0.05) is 19.3 Å². The summed E-state index contributed by atoms with van der Waals surface area (Å²) in [5.41, 5.74) is 2.99. The van der Waals surface area contributed by atoms with Crippen LogP contribution < -0.4 is 15.5 Å². The van der Waals surface area contributed by atoms with Gasteiger partial charge in [-0.3, -0.25) is 9.59 Å². The molecule has 2 amide bonds. The van der Waals surface area contributed by atoms with Gasteiger partial charge in [-0.15, -0.1) is 0 Å². The van der Waals surface area contributed by atoms with E-state index in [0.29, 0.717) is 17.9 Å². The summed E-state index contributed by atoms with van der Waals surface area (Å²) in [5, 5.41) is 16.3. The summed E-state index contributed by atoms with van der Waals surface area (Å²) < 4.78 is 5.28. The van der Waals surface area contributed by atoms with Gasteiger partial charge in [-0.25, -0.2) is 5.43 Å². The molecule has 2 rings (SSSR count). The quantitative estimate of drug-likeness (QED) is 0.399.